The lowest BCUT2D eigenvalue weighted by Crippen LogP contribution is -2.23. The molecule has 0 saturated heterocycles. The van der Waals surface area contributed by atoms with Gasteiger partial charge in [-0.15, -0.1) is 10.2 Å². The van der Waals surface area contributed by atoms with Gasteiger partial charge in [0, 0.05) is 17.8 Å². The number of hydrogen-bond donors (Lipinski definition) is 1. The van der Waals surface area contributed by atoms with Gasteiger partial charge in [0.05, 0.1) is 5.25 Å². The first-order valence-corrected chi connectivity index (χ1v) is 11.4. The summed E-state index contributed by atoms with van der Waals surface area (Å²) in [5.74, 6) is 1.20. The Bertz CT molecular complexity index is 1010. The Kier molecular flexibility index (Phi) is 7.32. The van der Waals surface area contributed by atoms with E-state index in [4.69, 9.17) is 0 Å². The third-order valence-electron chi connectivity index (χ3n) is 5.43. The van der Waals surface area contributed by atoms with E-state index in [0.29, 0.717) is 5.92 Å². The number of carbonyl (C=O) groups excluding carboxylic acids is 1. The first kappa shape index (κ1) is 22.1. The van der Waals surface area contributed by atoms with E-state index in [2.05, 4.69) is 66.0 Å². The minimum atomic E-state index is -0.297. The number of nitrogens with one attached hydrogen (secondary N) is 1. The molecule has 2 aromatic carbocycles. The number of aryl methyl sites for hydroxylation is 1. The summed E-state index contributed by atoms with van der Waals surface area (Å²) in [6.45, 7) is 11.1. The second-order valence-corrected chi connectivity index (χ2v) is 8.82. The van der Waals surface area contributed by atoms with Gasteiger partial charge in [-0.3, -0.25) is 4.79 Å². The molecule has 0 unspecified atom stereocenters. The third kappa shape index (κ3) is 4.75. The molecule has 0 aliphatic rings. The van der Waals surface area contributed by atoms with E-state index in [0.717, 1.165) is 40.8 Å². The Morgan fingerprint density at radius 3 is 2.47 bits per heavy atom. The highest BCUT2D eigenvalue weighted by Gasteiger charge is 2.22. The lowest BCUT2D eigenvalue weighted by Gasteiger charge is -2.18. The monoisotopic (exact) mass is 422 g/mol. The van der Waals surface area contributed by atoms with Gasteiger partial charge in [-0.2, -0.15) is 0 Å². The molecule has 1 N–H and O–H groups in total. The number of amides is 1. The van der Waals surface area contributed by atoms with Gasteiger partial charge in [0.1, 0.15) is 0 Å². The fraction of sp³-hybridized carbons (Fsp3) is 0.375. The minimum absolute atomic E-state index is 0.0288. The summed E-state index contributed by atoms with van der Waals surface area (Å²) in [7, 11) is 0. The lowest BCUT2D eigenvalue weighted by molar-refractivity contribution is -0.115. The SMILES string of the molecule is CC[C@H](C)c1ccccc1NC(=O)[C@H](C)Sc1nnc(-c2ccccc2C)n1CC. The van der Waals surface area contributed by atoms with Crippen LogP contribution in [0.3, 0.4) is 0 Å². The molecular formula is C24H30N4OS. The van der Waals surface area contributed by atoms with Gasteiger partial charge in [-0.05, 0) is 50.3 Å². The fourth-order valence-electron chi connectivity index (χ4n) is 3.39. The van der Waals surface area contributed by atoms with E-state index >= 15 is 0 Å². The summed E-state index contributed by atoms with van der Waals surface area (Å²) in [6, 6.07) is 16.2. The van der Waals surface area contributed by atoms with Crippen LogP contribution in [0.25, 0.3) is 11.4 Å². The highest BCUT2D eigenvalue weighted by molar-refractivity contribution is 8.00. The van der Waals surface area contributed by atoms with Gasteiger partial charge in [0.2, 0.25) is 5.91 Å². The minimum Gasteiger partial charge on any atom is -0.325 e. The predicted octanol–water partition coefficient (Wildman–Crippen LogP) is 5.91. The van der Waals surface area contributed by atoms with Crippen molar-refractivity contribution in [3.05, 3.63) is 59.7 Å². The maximum atomic E-state index is 12.9. The largest absolute Gasteiger partial charge is 0.325 e. The Balaban J connectivity index is 1.78. The topological polar surface area (TPSA) is 59.8 Å². The first-order chi connectivity index (χ1) is 14.5. The number of thioether (sulfide) groups is 1. The maximum Gasteiger partial charge on any atom is 0.237 e. The van der Waals surface area contributed by atoms with Crippen LogP contribution in [-0.2, 0) is 11.3 Å². The Morgan fingerprint density at radius 2 is 1.77 bits per heavy atom. The van der Waals surface area contributed by atoms with E-state index in [1.54, 1.807) is 0 Å². The molecule has 1 amide bonds. The van der Waals surface area contributed by atoms with E-state index in [1.807, 2.05) is 37.3 Å². The van der Waals surface area contributed by atoms with Crippen LogP contribution in [0.4, 0.5) is 5.69 Å². The molecule has 158 valence electrons. The molecule has 3 rings (SSSR count). The molecule has 30 heavy (non-hydrogen) atoms. The fourth-order valence-corrected chi connectivity index (χ4v) is 4.30. The van der Waals surface area contributed by atoms with Crippen LogP contribution in [0.15, 0.2) is 53.7 Å². The number of rotatable bonds is 8. The summed E-state index contributed by atoms with van der Waals surface area (Å²) in [5.41, 5.74) is 4.29. The van der Waals surface area contributed by atoms with Crippen LogP contribution in [0.1, 0.15) is 51.2 Å². The molecule has 3 aromatic rings. The number of hydrogen-bond acceptors (Lipinski definition) is 4. The second-order valence-electron chi connectivity index (χ2n) is 7.51. The van der Waals surface area contributed by atoms with Crippen LogP contribution in [0.2, 0.25) is 0 Å². The number of carbonyl (C=O) groups is 1. The molecule has 0 saturated carbocycles. The summed E-state index contributed by atoms with van der Waals surface area (Å²) < 4.78 is 2.07. The number of benzene rings is 2. The van der Waals surface area contributed by atoms with Crippen LogP contribution in [0, 0.1) is 6.92 Å². The molecule has 0 bridgehead atoms. The molecule has 2 atom stereocenters. The zero-order valence-electron chi connectivity index (χ0n) is 18.3. The average Bonchev–Trinajstić information content (AvgIpc) is 3.16. The van der Waals surface area contributed by atoms with Crippen LogP contribution in [0.5, 0.6) is 0 Å². The van der Waals surface area contributed by atoms with Crippen molar-refractivity contribution < 1.29 is 4.79 Å². The summed E-state index contributed by atoms with van der Waals surface area (Å²) >= 11 is 1.44. The maximum absolute atomic E-state index is 12.9. The van der Waals surface area contributed by atoms with Crippen molar-refractivity contribution in [1.29, 1.82) is 0 Å². The van der Waals surface area contributed by atoms with Crippen molar-refractivity contribution in [3.63, 3.8) is 0 Å². The van der Waals surface area contributed by atoms with Gasteiger partial charge in [-0.25, -0.2) is 0 Å². The van der Waals surface area contributed by atoms with Crippen molar-refractivity contribution in [3.8, 4) is 11.4 Å². The molecule has 1 aromatic heterocycles. The predicted molar refractivity (Wildman–Crippen MR) is 125 cm³/mol. The van der Waals surface area contributed by atoms with E-state index in [9.17, 15) is 4.79 Å². The van der Waals surface area contributed by atoms with Gasteiger partial charge in [-0.1, -0.05) is 68.1 Å². The average molecular weight is 423 g/mol. The Labute approximate surface area is 183 Å². The zero-order valence-corrected chi connectivity index (χ0v) is 19.2. The molecule has 0 spiro atoms. The first-order valence-electron chi connectivity index (χ1n) is 10.5. The Morgan fingerprint density at radius 1 is 1.07 bits per heavy atom. The molecule has 5 nitrogen and oxygen atoms in total. The summed E-state index contributed by atoms with van der Waals surface area (Å²) in [4.78, 5) is 12.9. The highest BCUT2D eigenvalue weighted by atomic mass is 32.2. The molecule has 0 fully saturated rings. The Hall–Kier alpha value is -2.60. The van der Waals surface area contributed by atoms with Crippen molar-refractivity contribution in [1.82, 2.24) is 14.8 Å². The van der Waals surface area contributed by atoms with Crippen LogP contribution < -0.4 is 5.32 Å². The van der Waals surface area contributed by atoms with E-state index < -0.39 is 0 Å². The summed E-state index contributed by atoms with van der Waals surface area (Å²) in [5, 5.41) is 12.4. The van der Waals surface area contributed by atoms with E-state index in [1.165, 1.54) is 17.3 Å². The van der Waals surface area contributed by atoms with Crippen molar-refractivity contribution in [2.75, 3.05) is 5.32 Å². The van der Waals surface area contributed by atoms with Crippen molar-refractivity contribution >= 4 is 23.4 Å². The van der Waals surface area contributed by atoms with Gasteiger partial charge < -0.3 is 9.88 Å². The standard InChI is InChI=1S/C24H30N4OS/c1-6-16(3)19-13-10-11-15-21(19)25-23(29)18(5)30-24-27-26-22(28(24)7-2)20-14-9-8-12-17(20)4/h8-16,18H,6-7H2,1-5H3,(H,25,29)/t16-,18-/m0/s1. The molecule has 6 heteroatoms. The lowest BCUT2D eigenvalue weighted by atomic mass is 9.97. The number of aromatic nitrogens is 3. The smallest absolute Gasteiger partial charge is 0.237 e. The quantitative estimate of drug-likeness (QED) is 0.459. The summed E-state index contributed by atoms with van der Waals surface area (Å²) in [6.07, 6.45) is 1.03. The molecule has 0 aliphatic carbocycles. The molecule has 0 aliphatic heterocycles. The van der Waals surface area contributed by atoms with Crippen molar-refractivity contribution in [2.45, 2.75) is 63.9 Å². The molecule has 0 radical (unpaired) electrons. The van der Waals surface area contributed by atoms with Crippen LogP contribution >= 0.6 is 11.8 Å². The van der Waals surface area contributed by atoms with Gasteiger partial charge in [0.25, 0.3) is 0 Å². The number of para-hydroxylation sites is 1. The van der Waals surface area contributed by atoms with Gasteiger partial charge in [0.15, 0.2) is 11.0 Å². The molecule has 1 heterocycles. The number of nitrogens with zero attached hydrogens (tertiary/aromatic N) is 3. The normalized spacial score (nSPS) is 13.1. The third-order valence-corrected chi connectivity index (χ3v) is 6.51. The second kappa shape index (κ2) is 9.94. The van der Waals surface area contributed by atoms with E-state index in [-0.39, 0.29) is 11.2 Å². The van der Waals surface area contributed by atoms with Crippen LogP contribution in [-0.4, -0.2) is 25.9 Å². The zero-order chi connectivity index (χ0) is 21.7. The highest BCUT2D eigenvalue weighted by Crippen LogP contribution is 2.30. The van der Waals surface area contributed by atoms with Gasteiger partial charge >= 0.3 is 0 Å². The van der Waals surface area contributed by atoms with Crippen molar-refractivity contribution in [2.24, 2.45) is 0 Å². The number of anilines is 1. The molecular weight excluding hydrogens is 392 g/mol.